The van der Waals surface area contributed by atoms with Crippen LogP contribution in [-0.4, -0.2) is 20.8 Å². The van der Waals surface area contributed by atoms with Crippen LogP contribution in [0.1, 0.15) is 32.3 Å². The molecular weight excluding hydrogens is 262 g/mol. The van der Waals surface area contributed by atoms with Gasteiger partial charge in [0.25, 0.3) is 0 Å². The van der Waals surface area contributed by atoms with Gasteiger partial charge in [-0.3, -0.25) is 0 Å². The highest BCUT2D eigenvalue weighted by atomic mass is 35.5. The molecule has 0 saturated heterocycles. The van der Waals surface area contributed by atoms with E-state index in [-0.39, 0.29) is 0 Å². The Bertz CT molecular complexity index is 394. The first-order valence-corrected chi connectivity index (χ1v) is 7.10. The van der Waals surface area contributed by atoms with Gasteiger partial charge < -0.3 is 14.8 Å². The molecule has 108 valence electrons. The largest absolute Gasteiger partial charge is 0.493 e. The molecule has 0 unspecified atom stereocenters. The van der Waals surface area contributed by atoms with Crippen LogP contribution in [0.5, 0.6) is 11.5 Å². The van der Waals surface area contributed by atoms with Crippen LogP contribution in [0.2, 0.25) is 5.02 Å². The third kappa shape index (κ3) is 5.29. The summed E-state index contributed by atoms with van der Waals surface area (Å²) in [4.78, 5) is 0. The number of nitrogens with one attached hydrogen (secondary N) is 1. The molecule has 0 saturated carbocycles. The fraction of sp³-hybridized carbons (Fsp3) is 0.600. The minimum atomic E-state index is 0.664. The average Bonchev–Trinajstić information content (AvgIpc) is 2.36. The Morgan fingerprint density at radius 2 is 2.05 bits per heavy atom. The molecule has 0 aliphatic rings. The van der Waals surface area contributed by atoms with E-state index in [0.29, 0.717) is 29.8 Å². The van der Waals surface area contributed by atoms with E-state index in [1.54, 1.807) is 13.2 Å². The molecule has 1 N–H and O–H groups in total. The Labute approximate surface area is 121 Å². The van der Waals surface area contributed by atoms with Crippen molar-refractivity contribution in [3.05, 3.63) is 22.7 Å². The van der Waals surface area contributed by atoms with E-state index in [1.807, 2.05) is 13.1 Å². The van der Waals surface area contributed by atoms with Crippen LogP contribution in [0.3, 0.4) is 0 Å². The molecule has 0 bridgehead atoms. The molecule has 19 heavy (non-hydrogen) atoms. The molecule has 0 atom stereocenters. The van der Waals surface area contributed by atoms with E-state index < -0.39 is 0 Å². The second-order valence-electron chi connectivity index (χ2n) is 5.01. The lowest BCUT2D eigenvalue weighted by Gasteiger charge is -2.16. The molecule has 0 heterocycles. The van der Waals surface area contributed by atoms with Gasteiger partial charge in [-0.1, -0.05) is 25.4 Å². The summed E-state index contributed by atoms with van der Waals surface area (Å²) in [5.74, 6) is 2.19. The molecule has 0 radical (unpaired) electrons. The van der Waals surface area contributed by atoms with Gasteiger partial charge in [0.2, 0.25) is 0 Å². The van der Waals surface area contributed by atoms with Gasteiger partial charge in [0.15, 0.2) is 11.5 Å². The Balaban J connectivity index is 2.77. The molecule has 1 rings (SSSR count). The first-order valence-electron chi connectivity index (χ1n) is 6.72. The number of ether oxygens (including phenoxy) is 2. The van der Waals surface area contributed by atoms with E-state index in [1.165, 1.54) is 0 Å². The molecule has 1 aromatic carbocycles. The number of methoxy groups -OCH3 is 1. The Morgan fingerprint density at radius 1 is 1.32 bits per heavy atom. The van der Waals surface area contributed by atoms with Crippen molar-refractivity contribution in [2.24, 2.45) is 5.92 Å². The van der Waals surface area contributed by atoms with Gasteiger partial charge in [0, 0.05) is 23.2 Å². The van der Waals surface area contributed by atoms with E-state index in [9.17, 15) is 0 Å². The summed E-state index contributed by atoms with van der Waals surface area (Å²) in [7, 11) is 3.53. The van der Waals surface area contributed by atoms with Gasteiger partial charge in [-0.15, -0.1) is 0 Å². The van der Waals surface area contributed by atoms with Gasteiger partial charge in [-0.25, -0.2) is 0 Å². The number of hydrogen-bond acceptors (Lipinski definition) is 3. The summed E-state index contributed by atoms with van der Waals surface area (Å²) in [5, 5.41) is 3.78. The third-order valence-corrected chi connectivity index (χ3v) is 3.07. The predicted octanol–water partition coefficient (Wildman–Crippen LogP) is 3.88. The van der Waals surface area contributed by atoms with E-state index in [0.717, 1.165) is 24.2 Å². The van der Waals surface area contributed by atoms with Crippen LogP contribution in [0.15, 0.2) is 12.1 Å². The Morgan fingerprint density at radius 3 is 2.63 bits per heavy atom. The van der Waals surface area contributed by atoms with Crippen LogP contribution in [0, 0.1) is 5.92 Å². The second-order valence-corrected chi connectivity index (χ2v) is 5.45. The summed E-state index contributed by atoms with van der Waals surface area (Å²) < 4.78 is 11.2. The standard InChI is InChI=1S/C15H24ClNO2/c1-11(2)6-5-7-19-15-12(10-17-3)8-13(16)9-14(15)18-4/h8-9,11,17H,5-7,10H2,1-4H3. The zero-order chi connectivity index (χ0) is 14.3. The molecule has 0 aliphatic heterocycles. The second kappa shape index (κ2) is 8.28. The predicted molar refractivity (Wildman–Crippen MR) is 80.3 cm³/mol. The van der Waals surface area contributed by atoms with E-state index in [4.69, 9.17) is 21.1 Å². The zero-order valence-electron chi connectivity index (χ0n) is 12.3. The lowest BCUT2D eigenvalue weighted by Crippen LogP contribution is -2.09. The maximum atomic E-state index is 6.08. The first-order chi connectivity index (χ1) is 9.08. The number of halogens is 1. The molecule has 0 aliphatic carbocycles. The highest BCUT2D eigenvalue weighted by Crippen LogP contribution is 2.34. The minimum Gasteiger partial charge on any atom is -0.493 e. The molecule has 3 nitrogen and oxygen atoms in total. The van der Waals surface area contributed by atoms with Crippen LogP contribution >= 0.6 is 11.6 Å². The van der Waals surface area contributed by atoms with Crippen molar-refractivity contribution < 1.29 is 9.47 Å². The van der Waals surface area contributed by atoms with Crippen molar-refractivity contribution in [1.82, 2.24) is 5.32 Å². The number of rotatable bonds is 8. The van der Waals surface area contributed by atoms with Crippen molar-refractivity contribution in [3.63, 3.8) is 0 Å². The molecule has 0 spiro atoms. The SMILES string of the molecule is CNCc1cc(Cl)cc(OC)c1OCCCC(C)C. The monoisotopic (exact) mass is 285 g/mol. The fourth-order valence-electron chi connectivity index (χ4n) is 1.93. The summed E-state index contributed by atoms with van der Waals surface area (Å²) in [6.45, 7) is 5.84. The van der Waals surface area contributed by atoms with Gasteiger partial charge in [-0.2, -0.15) is 0 Å². The number of benzene rings is 1. The van der Waals surface area contributed by atoms with Crippen molar-refractivity contribution in [2.45, 2.75) is 33.2 Å². The van der Waals surface area contributed by atoms with E-state index in [2.05, 4.69) is 19.2 Å². The van der Waals surface area contributed by atoms with Crippen molar-refractivity contribution in [2.75, 3.05) is 20.8 Å². The fourth-order valence-corrected chi connectivity index (χ4v) is 2.16. The molecular formula is C15H24ClNO2. The lowest BCUT2D eigenvalue weighted by atomic mass is 10.1. The van der Waals surface area contributed by atoms with Gasteiger partial charge in [-0.05, 0) is 31.9 Å². The zero-order valence-corrected chi connectivity index (χ0v) is 13.0. The molecule has 1 aromatic rings. The lowest BCUT2D eigenvalue weighted by molar-refractivity contribution is 0.276. The van der Waals surface area contributed by atoms with Gasteiger partial charge in [0.05, 0.1) is 13.7 Å². The van der Waals surface area contributed by atoms with Gasteiger partial charge >= 0.3 is 0 Å². The molecule has 0 fully saturated rings. The van der Waals surface area contributed by atoms with Gasteiger partial charge in [0.1, 0.15) is 0 Å². The highest BCUT2D eigenvalue weighted by molar-refractivity contribution is 6.30. The Hall–Kier alpha value is -0.930. The summed E-state index contributed by atoms with van der Waals surface area (Å²) >= 11 is 6.08. The smallest absolute Gasteiger partial charge is 0.165 e. The topological polar surface area (TPSA) is 30.5 Å². The number of hydrogen-bond donors (Lipinski definition) is 1. The summed E-state index contributed by atoms with van der Waals surface area (Å²) in [6.07, 6.45) is 2.21. The summed E-state index contributed by atoms with van der Waals surface area (Å²) in [6, 6.07) is 3.71. The first kappa shape index (κ1) is 16.1. The van der Waals surface area contributed by atoms with Crippen LogP contribution in [-0.2, 0) is 6.54 Å². The van der Waals surface area contributed by atoms with Crippen LogP contribution in [0.25, 0.3) is 0 Å². The van der Waals surface area contributed by atoms with E-state index >= 15 is 0 Å². The molecule has 4 heteroatoms. The minimum absolute atomic E-state index is 0.664. The normalized spacial score (nSPS) is 10.8. The average molecular weight is 286 g/mol. The maximum Gasteiger partial charge on any atom is 0.165 e. The maximum absolute atomic E-state index is 6.08. The molecule has 0 aromatic heterocycles. The Kier molecular flexibility index (Phi) is 7.03. The quantitative estimate of drug-likeness (QED) is 0.735. The molecule has 0 amide bonds. The van der Waals surface area contributed by atoms with Crippen LogP contribution in [0.4, 0.5) is 0 Å². The van der Waals surface area contributed by atoms with Crippen molar-refractivity contribution in [3.8, 4) is 11.5 Å². The van der Waals surface area contributed by atoms with Crippen molar-refractivity contribution in [1.29, 1.82) is 0 Å². The summed E-state index contributed by atoms with van der Waals surface area (Å²) in [5.41, 5.74) is 1.02. The van der Waals surface area contributed by atoms with Crippen LogP contribution < -0.4 is 14.8 Å². The van der Waals surface area contributed by atoms with Crippen molar-refractivity contribution >= 4 is 11.6 Å². The highest BCUT2D eigenvalue weighted by Gasteiger charge is 2.12. The third-order valence-electron chi connectivity index (χ3n) is 2.86.